The van der Waals surface area contributed by atoms with Gasteiger partial charge in [0.25, 0.3) is 0 Å². The lowest BCUT2D eigenvalue weighted by atomic mass is 10.1. The number of amides is 1. The van der Waals surface area contributed by atoms with Crippen LogP contribution in [0.4, 0.5) is 5.69 Å². The molecule has 144 valence electrons. The Morgan fingerprint density at radius 2 is 1.89 bits per heavy atom. The van der Waals surface area contributed by atoms with Crippen LogP contribution in [0.15, 0.2) is 41.3 Å². The molecule has 0 saturated heterocycles. The van der Waals surface area contributed by atoms with Crippen molar-refractivity contribution >= 4 is 28.6 Å². The first-order valence-electron chi connectivity index (χ1n) is 8.76. The number of pyridine rings is 2. The van der Waals surface area contributed by atoms with Crippen LogP contribution >= 0.6 is 0 Å². The third-order valence-corrected chi connectivity index (χ3v) is 4.45. The van der Waals surface area contributed by atoms with E-state index in [0.29, 0.717) is 17.0 Å². The van der Waals surface area contributed by atoms with Gasteiger partial charge in [-0.3, -0.25) is 9.59 Å². The molecule has 0 unspecified atom stereocenters. The van der Waals surface area contributed by atoms with Gasteiger partial charge in [0.2, 0.25) is 11.3 Å². The van der Waals surface area contributed by atoms with Gasteiger partial charge in [0.15, 0.2) is 0 Å². The minimum Gasteiger partial charge on any atom is -0.465 e. The Morgan fingerprint density at radius 3 is 2.61 bits per heavy atom. The minimum atomic E-state index is -0.754. The molecule has 1 amide bonds. The van der Waals surface area contributed by atoms with E-state index in [1.54, 1.807) is 19.1 Å². The molecule has 1 aromatic carbocycles. The van der Waals surface area contributed by atoms with E-state index in [1.807, 2.05) is 32.0 Å². The van der Waals surface area contributed by atoms with Crippen molar-refractivity contribution in [3.05, 3.63) is 69.1 Å². The molecule has 0 spiro atoms. The maximum atomic E-state index is 12.7. The van der Waals surface area contributed by atoms with Crippen molar-refractivity contribution in [1.29, 1.82) is 0 Å². The van der Waals surface area contributed by atoms with Gasteiger partial charge < -0.3 is 14.6 Å². The van der Waals surface area contributed by atoms with Crippen LogP contribution < -0.4 is 10.7 Å². The summed E-state index contributed by atoms with van der Waals surface area (Å²) < 4.78 is 6.20. The molecule has 0 saturated carbocycles. The summed E-state index contributed by atoms with van der Waals surface area (Å²) in [7, 11) is 1.21. The molecular weight excluding hydrogens is 358 g/mol. The zero-order valence-electron chi connectivity index (χ0n) is 16.2. The van der Waals surface area contributed by atoms with E-state index in [4.69, 9.17) is 4.74 Å². The average molecular weight is 379 g/mol. The lowest BCUT2D eigenvalue weighted by Gasteiger charge is -2.14. The lowest BCUT2D eigenvalue weighted by Crippen LogP contribution is -2.25. The van der Waals surface area contributed by atoms with Crippen molar-refractivity contribution in [2.45, 2.75) is 27.3 Å². The van der Waals surface area contributed by atoms with E-state index >= 15 is 0 Å². The third kappa shape index (κ3) is 3.78. The summed E-state index contributed by atoms with van der Waals surface area (Å²) >= 11 is 0. The molecule has 1 N–H and O–H groups in total. The largest absolute Gasteiger partial charge is 0.465 e. The van der Waals surface area contributed by atoms with Crippen LogP contribution in [-0.2, 0) is 16.1 Å². The highest BCUT2D eigenvalue weighted by atomic mass is 16.5. The Morgan fingerprint density at radius 1 is 1.14 bits per heavy atom. The van der Waals surface area contributed by atoms with Gasteiger partial charge in [0.05, 0.1) is 12.5 Å². The number of rotatable bonds is 4. The summed E-state index contributed by atoms with van der Waals surface area (Å²) in [5.74, 6) is -1.05. The van der Waals surface area contributed by atoms with Gasteiger partial charge in [-0.25, -0.2) is 9.78 Å². The molecule has 7 heteroatoms. The predicted octanol–water partition coefficient (Wildman–Crippen LogP) is 2.75. The summed E-state index contributed by atoms with van der Waals surface area (Å²) in [5.41, 5.74) is 3.11. The second-order valence-corrected chi connectivity index (χ2v) is 6.68. The number of anilines is 1. The fraction of sp³-hybridized carbons (Fsp3) is 0.238. The normalized spacial score (nSPS) is 10.7. The van der Waals surface area contributed by atoms with Gasteiger partial charge in [-0.1, -0.05) is 12.1 Å². The molecule has 7 nitrogen and oxygen atoms in total. The number of hydrogen-bond acceptors (Lipinski definition) is 5. The first-order chi connectivity index (χ1) is 13.3. The SMILES string of the molecule is COC(=O)c1cn(CC(=O)Nc2cc(C)ccc2C)c2nc(C)ccc2c1=O. The van der Waals surface area contributed by atoms with Gasteiger partial charge in [0.1, 0.15) is 17.8 Å². The highest BCUT2D eigenvalue weighted by Crippen LogP contribution is 2.17. The molecular formula is C21H21N3O4. The molecule has 2 heterocycles. The second-order valence-electron chi connectivity index (χ2n) is 6.68. The van der Waals surface area contributed by atoms with Crippen molar-refractivity contribution in [2.24, 2.45) is 0 Å². The highest BCUT2D eigenvalue weighted by Gasteiger charge is 2.18. The van der Waals surface area contributed by atoms with Gasteiger partial charge in [0, 0.05) is 17.6 Å². The smallest absolute Gasteiger partial charge is 0.343 e. The van der Waals surface area contributed by atoms with E-state index < -0.39 is 11.4 Å². The van der Waals surface area contributed by atoms with Gasteiger partial charge in [-0.05, 0) is 50.1 Å². The number of hydrogen-bond donors (Lipinski definition) is 1. The molecule has 28 heavy (non-hydrogen) atoms. The number of methoxy groups -OCH3 is 1. The molecule has 0 aliphatic carbocycles. The number of fused-ring (bicyclic) bond motifs is 1. The van der Waals surface area contributed by atoms with Gasteiger partial charge in [-0.2, -0.15) is 0 Å². The third-order valence-electron chi connectivity index (χ3n) is 4.45. The fourth-order valence-electron chi connectivity index (χ4n) is 2.95. The molecule has 0 radical (unpaired) electrons. The Hall–Kier alpha value is -3.48. The number of nitrogens with one attached hydrogen (secondary N) is 1. The number of carbonyl (C=O) groups is 2. The minimum absolute atomic E-state index is 0.107. The molecule has 3 aromatic rings. The average Bonchev–Trinajstić information content (AvgIpc) is 2.66. The molecule has 3 rings (SSSR count). The molecule has 2 aromatic heterocycles. The number of aromatic nitrogens is 2. The maximum absolute atomic E-state index is 12.7. The molecule has 0 aliphatic heterocycles. The van der Waals surface area contributed by atoms with E-state index in [2.05, 4.69) is 10.3 Å². The van der Waals surface area contributed by atoms with Crippen molar-refractivity contribution in [3.63, 3.8) is 0 Å². The van der Waals surface area contributed by atoms with Crippen molar-refractivity contribution in [3.8, 4) is 0 Å². The number of aryl methyl sites for hydroxylation is 3. The van der Waals surface area contributed by atoms with Crippen LogP contribution in [0, 0.1) is 20.8 Å². The highest BCUT2D eigenvalue weighted by molar-refractivity contribution is 5.95. The maximum Gasteiger partial charge on any atom is 0.343 e. The van der Waals surface area contributed by atoms with Crippen LogP contribution in [-0.4, -0.2) is 28.5 Å². The summed E-state index contributed by atoms with van der Waals surface area (Å²) in [4.78, 5) is 41.6. The van der Waals surface area contributed by atoms with Crippen LogP contribution in [0.2, 0.25) is 0 Å². The lowest BCUT2D eigenvalue weighted by molar-refractivity contribution is -0.116. The number of esters is 1. The zero-order valence-corrected chi connectivity index (χ0v) is 16.2. The molecule has 0 fully saturated rings. The number of carbonyl (C=O) groups excluding carboxylic acids is 2. The first kappa shape index (κ1) is 19.3. The Balaban J connectivity index is 2.04. The number of nitrogens with zero attached hydrogens (tertiary/aromatic N) is 2. The number of ether oxygens (including phenoxy) is 1. The fourth-order valence-corrected chi connectivity index (χ4v) is 2.95. The summed E-state index contributed by atoms with van der Waals surface area (Å²) in [6.45, 7) is 5.53. The monoisotopic (exact) mass is 379 g/mol. The topological polar surface area (TPSA) is 90.3 Å². The van der Waals surface area contributed by atoms with Crippen LogP contribution in [0.3, 0.4) is 0 Å². The molecule has 0 atom stereocenters. The van der Waals surface area contributed by atoms with Crippen LogP contribution in [0.25, 0.3) is 11.0 Å². The van der Waals surface area contributed by atoms with E-state index in [1.165, 1.54) is 17.9 Å². The summed E-state index contributed by atoms with van der Waals surface area (Å²) in [6.07, 6.45) is 1.33. The van der Waals surface area contributed by atoms with E-state index in [9.17, 15) is 14.4 Å². The van der Waals surface area contributed by atoms with Crippen molar-refractivity contribution in [1.82, 2.24) is 9.55 Å². The van der Waals surface area contributed by atoms with Gasteiger partial charge >= 0.3 is 5.97 Å². The zero-order chi connectivity index (χ0) is 20.4. The quantitative estimate of drug-likeness (QED) is 0.704. The van der Waals surface area contributed by atoms with Crippen molar-refractivity contribution < 1.29 is 14.3 Å². The van der Waals surface area contributed by atoms with E-state index in [0.717, 1.165) is 11.1 Å². The molecule has 0 bridgehead atoms. The van der Waals surface area contributed by atoms with Crippen LogP contribution in [0.5, 0.6) is 0 Å². The number of benzene rings is 1. The summed E-state index contributed by atoms with van der Waals surface area (Å²) in [5, 5.41) is 3.13. The Labute approximate surface area is 162 Å². The second kappa shape index (κ2) is 7.64. The Bertz CT molecular complexity index is 1150. The van der Waals surface area contributed by atoms with Crippen LogP contribution in [0.1, 0.15) is 27.2 Å². The Kier molecular flexibility index (Phi) is 5.26. The van der Waals surface area contributed by atoms with Crippen molar-refractivity contribution in [2.75, 3.05) is 12.4 Å². The molecule has 0 aliphatic rings. The van der Waals surface area contributed by atoms with E-state index in [-0.39, 0.29) is 23.4 Å². The standard InChI is InChI=1S/C21H21N3O4/c1-12-5-6-13(2)17(9-12)23-18(25)11-24-10-16(21(27)28-4)19(26)15-8-7-14(3)22-20(15)24/h5-10H,11H2,1-4H3,(H,23,25). The van der Waals surface area contributed by atoms with Gasteiger partial charge in [-0.15, -0.1) is 0 Å². The summed E-state index contributed by atoms with van der Waals surface area (Å²) in [6, 6.07) is 9.07. The predicted molar refractivity (Wildman–Crippen MR) is 107 cm³/mol. The first-order valence-corrected chi connectivity index (χ1v) is 8.76.